The average molecular weight is 340 g/mol. The molecule has 0 fully saturated rings. The van der Waals surface area contributed by atoms with E-state index < -0.39 is 23.7 Å². The van der Waals surface area contributed by atoms with Crippen LogP contribution in [-0.2, 0) is 16.0 Å². The number of thiophene rings is 1. The largest absolute Gasteiger partial charge is 0.480 e. The van der Waals surface area contributed by atoms with Gasteiger partial charge in [0.15, 0.2) is 0 Å². The number of nitrogens with one attached hydrogen (secondary N) is 1. The standard InChI is InChI=1S/C12H15Cl2NO4S/c1-12(2,3)19-11(18)15-7(10(16)17)4-6-5-8(13)20-9(6)14/h5,7H,4H2,1-3H3,(H,15,18)(H,16,17). The van der Waals surface area contributed by atoms with E-state index in [-0.39, 0.29) is 6.42 Å². The molecule has 0 bridgehead atoms. The van der Waals surface area contributed by atoms with Crippen LogP contribution in [0.1, 0.15) is 26.3 Å². The van der Waals surface area contributed by atoms with E-state index in [4.69, 9.17) is 33.0 Å². The number of amides is 1. The second-order valence-electron chi connectivity index (χ2n) is 5.09. The third-order valence-electron chi connectivity index (χ3n) is 2.14. The summed E-state index contributed by atoms with van der Waals surface area (Å²) in [6, 6.07) is 0.453. The van der Waals surface area contributed by atoms with E-state index >= 15 is 0 Å². The van der Waals surface area contributed by atoms with Crippen LogP contribution >= 0.6 is 34.5 Å². The predicted molar refractivity (Wildman–Crippen MR) is 78.8 cm³/mol. The molecule has 5 nitrogen and oxygen atoms in total. The second kappa shape index (κ2) is 6.65. The normalized spacial score (nSPS) is 12.8. The van der Waals surface area contributed by atoms with Gasteiger partial charge in [0.1, 0.15) is 11.6 Å². The summed E-state index contributed by atoms with van der Waals surface area (Å²) in [6.45, 7) is 5.08. The first-order valence-electron chi connectivity index (χ1n) is 5.74. The van der Waals surface area contributed by atoms with Gasteiger partial charge in [-0.3, -0.25) is 0 Å². The van der Waals surface area contributed by atoms with E-state index in [0.717, 1.165) is 11.3 Å². The maximum absolute atomic E-state index is 11.6. The van der Waals surface area contributed by atoms with Gasteiger partial charge in [0.05, 0.1) is 8.67 Å². The van der Waals surface area contributed by atoms with Gasteiger partial charge in [0.2, 0.25) is 0 Å². The molecule has 0 spiro atoms. The molecule has 0 radical (unpaired) electrons. The quantitative estimate of drug-likeness (QED) is 0.878. The molecule has 1 unspecified atom stereocenters. The van der Waals surface area contributed by atoms with E-state index in [1.165, 1.54) is 0 Å². The molecule has 0 saturated carbocycles. The number of alkyl carbamates (subject to hydrolysis) is 1. The summed E-state index contributed by atoms with van der Waals surface area (Å²) in [5.74, 6) is -1.17. The molecule has 0 aromatic carbocycles. The van der Waals surface area contributed by atoms with E-state index in [2.05, 4.69) is 5.32 Å². The molecule has 0 aliphatic heterocycles. The molecule has 0 saturated heterocycles. The third kappa shape index (κ3) is 5.56. The molecule has 1 atom stereocenters. The number of carboxylic acids is 1. The fourth-order valence-electron chi connectivity index (χ4n) is 1.38. The molecule has 1 heterocycles. The van der Waals surface area contributed by atoms with Crippen molar-refractivity contribution in [3.8, 4) is 0 Å². The Morgan fingerprint density at radius 3 is 2.45 bits per heavy atom. The number of carbonyl (C=O) groups excluding carboxylic acids is 1. The first-order valence-corrected chi connectivity index (χ1v) is 7.32. The monoisotopic (exact) mass is 339 g/mol. The number of halogens is 2. The Morgan fingerprint density at radius 1 is 1.45 bits per heavy atom. The Morgan fingerprint density at radius 2 is 2.05 bits per heavy atom. The molecule has 0 aliphatic carbocycles. The van der Waals surface area contributed by atoms with Crippen LogP contribution in [0.25, 0.3) is 0 Å². The molecule has 2 N–H and O–H groups in total. The third-order valence-corrected chi connectivity index (χ3v) is 3.71. The van der Waals surface area contributed by atoms with Crippen molar-refractivity contribution in [2.24, 2.45) is 0 Å². The highest BCUT2D eigenvalue weighted by molar-refractivity contribution is 7.20. The second-order valence-corrected chi connectivity index (χ2v) is 7.38. The number of ether oxygens (including phenoxy) is 1. The fraction of sp³-hybridized carbons (Fsp3) is 0.500. The molecule has 112 valence electrons. The average Bonchev–Trinajstić information content (AvgIpc) is 2.53. The Bertz CT molecular complexity index is 510. The van der Waals surface area contributed by atoms with Gasteiger partial charge in [-0.25, -0.2) is 9.59 Å². The minimum atomic E-state index is -1.17. The van der Waals surface area contributed by atoms with Gasteiger partial charge in [-0.2, -0.15) is 0 Å². The number of rotatable bonds is 4. The number of carbonyl (C=O) groups is 2. The highest BCUT2D eigenvalue weighted by Gasteiger charge is 2.25. The van der Waals surface area contributed by atoms with Crippen LogP contribution in [0, 0.1) is 0 Å². The van der Waals surface area contributed by atoms with Crippen molar-refractivity contribution in [2.75, 3.05) is 0 Å². The first kappa shape index (κ1) is 17.1. The summed E-state index contributed by atoms with van der Waals surface area (Å²) < 4.78 is 5.90. The van der Waals surface area contributed by atoms with Crippen LogP contribution in [-0.4, -0.2) is 28.8 Å². The van der Waals surface area contributed by atoms with Crippen LogP contribution in [0.15, 0.2) is 6.07 Å². The first-order chi connectivity index (χ1) is 9.08. The fourth-order valence-corrected chi connectivity index (χ4v) is 2.89. The molecule has 20 heavy (non-hydrogen) atoms. The number of hydrogen-bond donors (Lipinski definition) is 2. The Balaban J connectivity index is 2.73. The van der Waals surface area contributed by atoms with Crippen LogP contribution in [0.5, 0.6) is 0 Å². The van der Waals surface area contributed by atoms with Gasteiger partial charge in [0, 0.05) is 6.42 Å². The summed E-state index contributed by atoms with van der Waals surface area (Å²) in [6.07, 6.45) is -0.751. The number of carboxylic acid groups (broad SMARTS) is 1. The van der Waals surface area contributed by atoms with Crippen molar-refractivity contribution in [1.29, 1.82) is 0 Å². The maximum Gasteiger partial charge on any atom is 0.408 e. The van der Waals surface area contributed by atoms with E-state index in [1.807, 2.05) is 0 Å². The van der Waals surface area contributed by atoms with Gasteiger partial charge >= 0.3 is 12.1 Å². The zero-order valence-electron chi connectivity index (χ0n) is 11.2. The van der Waals surface area contributed by atoms with Crippen LogP contribution in [0.3, 0.4) is 0 Å². The summed E-state index contributed by atoms with van der Waals surface area (Å²) in [5.41, 5.74) is -0.124. The van der Waals surface area contributed by atoms with Crippen molar-refractivity contribution in [2.45, 2.75) is 38.8 Å². The molecule has 8 heteroatoms. The van der Waals surface area contributed by atoms with Gasteiger partial charge in [-0.15, -0.1) is 11.3 Å². The molecule has 1 aromatic rings. The van der Waals surface area contributed by atoms with E-state index in [1.54, 1.807) is 26.8 Å². The molecule has 1 aromatic heterocycles. The topological polar surface area (TPSA) is 75.6 Å². The Hall–Kier alpha value is -0.980. The zero-order valence-corrected chi connectivity index (χ0v) is 13.5. The molecular weight excluding hydrogens is 325 g/mol. The Kier molecular flexibility index (Phi) is 5.68. The summed E-state index contributed by atoms with van der Waals surface area (Å²) in [7, 11) is 0. The highest BCUT2D eigenvalue weighted by Crippen LogP contribution is 2.31. The van der Waals surface area contributed by atoms with Gasteiger partial charge < -0.3 is 15.2 Å². The molecular formula is C12H15Cl2NO4S. The lowest BCUT2D eigenvalue weighted by Gasteiger charge is -2.21. The van der Waals surface area contributed by atoms with Gasteiger partial charge in [-0.05, 0) is 32.4 Å². The molecule has 0 aliphatic rings. The van der Waals surface area contributed by atoms with Crippen molar-refractivity contribution in [3.05, 3.63) is 20.3 Å². The van der Waals surface area contributed by atoms with Crippen LogP contribution < -0.4 is 5.32 Å². The predicted octanol–water partition coefficient (Wildman–Crippen LogP) is 3.58. The van der Waals surface area contributed by atoms with Crippen LogP contribution in [0.2, 0.25) is 8.67 Å². The van der Waals surface area contributed by atoms with Crippen molar-refractivity contribution in [1.82, 2.24) is 5.32 Å². The highest BCUT2D eigenvalue weighted by atomic mass is 35.5. The molecule has 1 rings (SSSR count). The maximum atomic E-state index is 11.6. The Labute approximate surface area is 130 Å². The summed E-state index contributed by atoms with van der Waals surface area (Å²) in [4.78, 5) is 22.8. The molecule has 1 amide bonds. The summed E-state index contributed by atoms with van der Waals surface area (Å²) in [5, 5.41) is 11.4. The van der Waals surface area contributed by atoms with Crippen LogP contribution in [0.4, 0.5) is 4.79 Å². The lowest BCUT2D eigenvalue weighted by atomic mass is 10.1. The number of hydrogen-bond acceptors (Lipinski definition) is 4. The van der Waals surface area contributed by atoms with Crippen molar-refractivity contribution in [3.63, 3.8) is 0 Å². The minimum Gasteiger partial charge on any atom is -0.480 e. The summed E-state index contributed by atoms with van der Waals surface area (Å²) >= 11 is 12.9. The lowest BCUT2D eigenvalue weighted by Crippen LogP contribution is -2.44. The zero-order chi connectivity index (χ0) is 15.5. The van der Waals surface area contributed by atoms with Gasteiger partial charge in [-0.1, -0.05) is 23.2 Å². The minimum absolute atomic E-state index is 0.0383. The van der Waals surface area contributed by atoms with Gasteiger partial charge in [0.25, 0.3) is 0 Å². The van der Waals surface area contributed by atoms with E-state index in [0.29, 0.717) is 14.2 Å². The smallest absolute Gasteiger partial charge is 0.408 e. The van der Waals surface area contributed by atoms with E-state index in [9.17, 15) is 9.59 Å². The van der Waals surface area contributed by atoms with Crippen molar-refractivity contribution < 1.29 is 19.4 Å². The SMILES string of the molecule is CC(C)(C)OC(=O)NC(Cc1cc(Cl)sc1Cl)C(=O)O. The lowest BCUT2D eigenvalue weighted by molar-refractivity contribution is -0.139. The van der Waals surface area contributed by atoms with Crippen molar-refractivity contribution >= 4 is 46.6 Å². The number of aliphatic carboxylic acids is 1.